The van der Waals surface area contributed by atoms with Crippen LogP contribution in [-0.2, 0) is 9.59 Å². The zero-order chi connectivity index (χ0) is 18.4. The molecule has 1 atom stereocenters. The summed E-state index contributed by atoms with van der Waals surface area (Å²) in [5.41, 5.74) is 7.38. The zero-order valence-electron chi connectivity index (χ0n) is 14.0. The monoisotopic (exact) mass is 361 g/mol. The second kappa shape index (κ2) is 8.39. The SMILES string of the molecule is Cc1ccc(Cl)cc1NC(=O)[C@@H](C)Nc1ccc(OCC(N)=O)cc1. The summed E-state index contributed by atoms with van der Waals surface area (Å²) in [6.45, 7) is 3.48. The highest BCUT2D eigenvalue weighted by Gasteiger charge is 2.14. The summed E-state index contributed by atoms with van der Waals surface area (Å²) in [6.07, 6.45) is 0. The van der Waals surface area contributed by atoms with E-state index >= 15 is 0 Å². The minimum atomic E-state index is -0.538. The van der Waals surface area contributed by atoms with Crippen molar-refractivity contribution >= 4 is 34.8 Å². The van der Waals surface area contributed by atoms with Gasteiger partial charge in [-0.05, 0) is 55.8 Å². The third kappa shape index (κ3) is 5.69. The second-order valence-electron chi connectivity index (χ2n) is 5.59. The van der Waals surface area contributed by atoms with Crippen LogP contribution in [0.4, 0.5) is 11.4 Å². The molecule has 25 heavy (non-hydrogen) atoms. The van der Waals surface area contributed by atoms with Gasteiger partial charge in [0.25, 0.3) is 5.91 Å². The van der Waals surface area contributed by atoms with Crippen molar-refractivity contribution in [3.63, 3.8) is 0 Å². The lowest BCUT2D eigenvalue weighted by molar-refractivity contribution is -0.120. The predicted octanol–water partition coefficient (Wildman–Crippen LogP) is 2.95. The van der Waals surface area contributed by atoms with Gasteiger partial charge in [-0.1, -0.05) is 17.7 Å². The summed E-state index contributed by atoms with van der Waals surface area (Å²) in [5.74, 6) is -0.195. The number of aryl methyl sites for hydroxylation is 1. The van der Waals surface area contributed by atoms with E-state index in [0.717, 1.165) is 11.3 Å². The van der Waals surface area contributed by atoms with Crippen LogP contribution < -0.4 is 21.1 Å². The van der Waals surface area contributed by atoms with Crippen LogP contribution in [0.2, 0.25) is 5.02 Å². The Labute approximate surface area is 151 Å². The number of benzene rings is 2. The van der Waals surface area contributed by atoms with Crippen LogP contribution >= 0.6 is 11.6 Å². The number of hydrogen-bond donors (Lipinski definition) is 3. The Hall–Kier alpha value is -2.73. The lowest BCUT2D eigenvalue weighted by atomic mass is 10.2. The molecule has 0 fully saturated rings. The van der Waals surface area contributed by atoms with E-state index < -0.39 is 11.9 Å². The average molecular weight is 362 g/mol. The second-order valence-corrected chi connectivity index (χ2v) is 6.03. The van der Waals surface area contributed by atoms with Crippen molar-refractivity contribution in [1.29, 1.82) is 0 Å². The third-order valence-electron chi connectivity index (χ3n) is 3.47. The first kappa shape index (κ1) is 18.6. The van der Waals surface area contributed by atoms with Gasteiger partial charge in [0.05, 0.1) is 0 Å². The fraction of sp³-hybridized carbons (Fsp3) is 0.222. The molecule has 0 saturated heterocycles. The molecule has 7 heteroatoms. The maximum absolute atomic E-state index is 12.3. The molecule has 0 aromatic heterocycles. The number of primary amides is 1. The molecule has 0 radical (unpaired) electrons. The number of ether oxygens (including phenoxy) is 1. The highest BCUT2D eigenvalue weighted by molar-refractivity contribution is 6.31. The van der Waals surface area contributed by atoms with Gasteiger partial charge >= 0.3 is 0 Å². The van der Waals surface area contributed by atoms with Gasteiger partial charge in [0.1, 0.15) is 11.8 Å². The molecular formula is C18H20ClN3O3. The molecule has 0 heterocycles. The highest BCUT2D eigenvalue weighted by atomic mass is 35.5. The van der Waals surface area contributed by atoms with Crippen LogP contribution in [0.25, 0.3) is 0 Å². The molecule has 2 aromatic carbocycles. The molecule has 0 spiro atoms. The molecule has 132 valence electrons. The third-order valence-corrected chi connectivity index (χ3v) is 3.70. The summed E-state index contributed by atoms with van der Waals surface area (Å²) in [5, 5.41) is 6.51. The lowest BCUT2D eigenvalue weighted by Gasteiger charge is -2.17. The van der Waals surface area contributed by atoms with Gasteiger partial charge in [0.15, 0.2) is 6.61 Å². The first-order chi connectivity index (χ1) is 11.8. The Bertz CT molecular complexity index is 763. The number of carbonyl (C=O) groups excluding carboxylic acids is 2. The smallest absolute Gasteiger partial charge is 0.255 e. The van der Waals surface area contributed by atoms with Crippen molar-refractivity contribution < 1.29 is 14.3 Å². The molecule has 2 rings (SSSR count). The van der Waals surface area contributed by atoms with Crippen LogP contribution in [-0.4, -0.2) is 24.5 Å². The Kier molecular flexibility index (Phi) is 6.25. The van der Waals surface area contributed by atoms with E-state index in [1.807, 2.05) is 13.0 Å². The molecule has 0 bridgehead atoms. The first-order valence-corrected chi connectivity index (χ1v) is 8.07. The van der Waals surface area contributed by atoms with E-state index in [2.05, 4.69) is 10.6 Å². The Morgan fingerprint density at radius 2 is 1.88 bits per heavy atom. The van der Waals surface area contributed by atoms with Gasteiger partial charge in [-0.25, -0.2) is 0 Å². The zero-order valence-corrected chi connectivity index (χ0v) is 14.8. The summed E-state index contributed by atoms with van der Waals surface area (Å²) >= 11 is 5.96. The Balaban J connectivity index is 1.94. The van der Waals surface area contributed by atoms with Crippen molar-refractivity contribution in [1.82, 2.24) is 0 Å². The van der Waals surface area contributed by atoms with E-state index in [9.17, 15) is 9.59 Å². The molecule has 2 amide bonds. The number of carbonyl (C=O) groups is 2. The average Bonchev–Trinajstić information content (AvgIpc) is 2.57. The van der Waals surface area contributed by atoms with Gasteiger partial charge < -0.3 is 21.1 Å². The molecule has 0 aliphatic rings. The van der Waals surface area contributed by atoms with Crippen molar-refractivity contribution in [3.05, 3.63) is 53.1 Å². The van der Waals surface area contributed by atoms with E-state index in [-0.39, 0.29) is 12.5 Å². The minimum Gasteiger partial charge on any atom is -0.484 e. The first-order valence-electron chi connectivity index (χ1n) is 7.70. The van der Waals surface area contributed by atoms with Crippen LogP contribution in [0.3, 0.4) is 0 Å². The number of nitrogens with one attached hydrogen (secondary N) is 2. The minimum absolute atomic E-state index is 0.176. The fourth-order valence-electron chi connectivity index (χ4n) is 2.09. The van der Waals surface area contributed by atoms with E-state index in [0.29, 0.717) is 16.5 Å². The van der Waals surface area contributed by atoms with Crippen molar-refractivity contribution in [2.45, 2.75) is 19.9 Å². The van der Waals surface area contributed by atoms with Crippen molar-refractivity contribution in [2.24, 2.45) is 5.73 Å². The number of rotatable bonds is 7. The molecule has 0 unspecified atom stereocenters. The number of hydrogen-bond acceptors (Lipinski definition) is 4. The van der Waals surface area contributed by atoms with Gasteiger partial charge in [0, 0.05) is 16.4 Å². The molecule has 0 aliphatic heterocycles. The molecule has 4 N–H and O–H groups in total. The van der Waals surface area contributed by atoms with Crippen molar-refractivity contribution in [2.75, 3.05) is 17.2 Å². The molecule has 6 nitrogen and oxygen atoms in total. The summed E-state index contributed by atoms with van der Waals surface area (Å²) in [4.78, 5) is 23.0. The van der Waals surface area contributed by atoms with Crippen molar-refractivity contribution in [3.8, 4) is 5.75 Å². The van der Waals surface area contributed by atoms with Gasteiger partial charge in [-0.15, -0.1) is 0 Å². The maximum atomic E-state index is 12.3. The van der Waals surface area contributed by atoms with E-state index in [1.165, 1.54) is 0 Å². The van der Waals surface area contributed by atoms with Crippen LogP contribution in [0.5, 0.6) is 5.75 Å². The predicted molar refractivity (Wildman–Crippen MR) is 99.0 cm³/mol. The Morgan fingerprint density at radius 3 is 2.52 bits per heavy atom. The number of anilines is 2. The Morgan fingerprint density at radius 1 is 1.20 bits per heavy atom. The molecule has 0 aliphatic carbocycles. The molecule has 0 saturated carbocycles. The van der Waals surface area contributed by atoms with Gasteiger partial charge in [0.2, 0.25) is 5.91 Å². The number of halogens is 1. The standard InChI is InChI=1S/C18H20ClN3O3/c1-11-3-4-13(19)9-16(11)22-18(24)12(2)21-14-5-7-15(8-6-14)25-10-17(20)23/h3-9,12,21H,10H2,1-2H3,(H2,20,23)(H,22,24)/t12-/m1/s1. The number of amides is 2. The van der Waals surface area contributed by atoms with E-state index in [4.69, 9.17) is 22.1 Å². The maximum Gasteiger partial charge on any atom is 0.255 e. The topological polar surface area (TPSA) is 93.4 Å². The summed E-state index contributed by atoms with van der Waals surface area (Å²) in [6, 6.07) is 11.8. The van der Waals surface area contributed by atoms with Gasteiger partial charge in [-0.3, -0.25) is 9.59 Å². The molecule has 2 aromatic rings. The normalized spacial score (nSPS) is 11.5. The molecular weight excluding hydrogens is 342 g/mol. The largest absolute Gasteiger partial charge is 0.484 e. The van der Waals surface area contributed by atoms with E-state index in [1.54, 1.807) is 43.3 Å². The lowest BCUT2D eigenvalue weighted by Crippen LogP contribution is -2.32. The summed E-state index contributed by atoms with van der Waals surface area (Å²) in [7, 11) is 0. The van der Waals surface area contributed by atoms with Crippen LogP contribution in [0.1, 0.15) is 12.5 Å². The highest BCUT2D eigenvalue weighted by Crippen LogP contribution is 2.21. The number of nitrogens with two attached hydrogens (primary N) is 1. The quantitative estimate of drug-likeness (QED) is 0.706. The van der Waals surface area contributed by atoms with Crippen LogP contribution in [0, 0.1) is 6.92 Å². The van der Waals surface area contributed by atoms with Gasteiger partial charge in [-0.2, -0.15) is 0 Å². The van der Waals surface area contributed by atoms with Crippen LogP contribution in [0.15, 0.2) is 42.5 Å². The summed E-state index contributed by atoms with van der Waals surface area (Å²) < 4.78 is 5.18. The fourth-order valence-corrected chi connectivity index (χ4v) is 2.26.